The fraction of sp³-hybridized carbons (Fsp3) is 0.111. The van der Waals surface area contributed by atoms with E-state index in [1.165, 1.54) is 0 Å². The van der Waals surface area contributed by atoms with Crippen LogP contribution in [0, 0.1) is 0 Å². The molecule has 2 aromatic rings. The predicted molar refractivity (Wildman–Crippen MR) is 90.0 cm³/mol. The van der Waals surface area contributed by atoms with Gasteiger partial charge in [0.05, 0.1) is 0 Å². The molecule has 1 N–H and O–H groups in total. The summed E-state index contributed by atoms with van der Waals surface area (Å²) in [5.41, 5.74) is 1.10. The zero-order valence-electron chi connectivity index (χ0n) is 12.4. The summed E-state index contributed by atoms with van der Waals surface area (Å²) < 4.78 is 5.35. The lowest BCUT2D eigenvalue weighted by molar-refractivity contribution is -0.122. The number of amides is 1. The van der Waals surface area contributed by atoms with Gasteiger partial charge in [-0.25, -0.2) is 0 Å². The Morgan fingerprint density at radius 2 is 1.61 bits per heavy atom. The lowest BCUT2D eigenvalue weighted by Crippen LogP contribution is -2.28. The molecule has 23 heavy (non-hydrogen) atoms. The number of carbonyl (C=O) groups excluding carboxylic acids is 2. The first kappa shape index (κ1) is 16.8. The van der Waals surface area contributed by atoms with E-state index in [0.29, 0.717) is 28.4 Å². The van der Waals surface area contributed by atoms with Gasteiger partial charge in [0.25, 0.3) is 5.91 Å². The van der Waals surface area contributed by atoms with E-state index in [2.05, 4.69) is 11.9 Å². The van der Waals surface area contributed by atoms with Crippen molar-refractivity contribution in [2.24, 2.45) is 0 Å². The van der Waals surface area contributed by atoms with Crippen molar-refractivity contribution in [3.8, 4) is 5.75 Å². The van der Waals surface area contributed by atoms with Crippen LogP contribution in [0.4, 0.5) is 0 Å². The molecule has 0 atom stereocenters. The van der Waals surface area contributed by atoms with E-state index in [9.17, 15) is 9.59 Å². The molecule has 1 amide bonds. The Kier molecular flexibility index (Phi) is 5.94. The molecule has 0 unspecified atom stereocenters. The molecule has 5 heteroatoms. The smallest absolute Gasteiger partial charge is 0.258 e. The van der Waals surface area contributed by atoms with Crippen molar-refractivity contribution >= 4 is 23.3 Å². The van der Waals surface area contributed by atoms with Crippen LogP contribution in [0.5, 0.6) is 5.75 Å². The van der Waals surface area contributed by atoms with E-state index in [1.54, 1.807) is 54.6 Å². The van der Waals surface area contributed by atoms with Crippen LogP contribution >= 0.6 is 11.6 Å². The van der Waals surface area contributed by atoms with Gasteiger partial charge in [0.15, 0.2) is 12.4 Å². The number of ketones is 1. The number of ether oxygens (including phenoxy) is 1. The molecule has 0 aliphatic rings. The first-order chi connectivity index (χ1) is 11.1. The molecular weight excluding hydrogens is 314 g/mol. The number of rotatable bonds is 7. The Labute approximate surface area is 139 Å². The number of hydrogen-bond donors (Lipinski definition) is 1. The largest absolute Gasteiger partial charge is 0.484 e. The lowest BCUT2D eigenvalue weighted by atomic mass is 10.0. The SMILES string of the molecule is C=CCNC(=O)COc1ccc(C(=O)c2ccc(Cl)cc2)cc1. The number of nitrogens with one attached hydrogen (secondary N) is 1. The monoisotopic (exact) mass is 329 g/mol. The summed E-state index contributed by atoms with van der Waals surface area (Å²) in [6.07, 6.45) is 1.59. The predicted octanol–water partition coefficient (Wildman–Crippen LogP) is 3.25. The van der Waals surface area contributed by atoms with Crippen LogP contribution in [-0.2, 0) is 4.79 Å². The Bertz CT molecular complexity index is 693. The van der Waals surface area contributed by atoms with Crippen LogP contribution in [0.3, 0.4) is 0 Å². The maximum Gasteiger partial charge on any atom is 0.258 e. The van der Waals surface area contributed by atoms with Gasteiger partial charge in [-0.3, -0.25) is 9.59 Å². The molecule has 0 radical (unpaired) electrons. The lowest BCUT2D eigenvalue weighted by Gasteiger charge is -2.07. The number of halogens is 1. The van der Waals surface area contributed by atoms with Gasteiger partial charge in [-0.15, -0.1) is 6.58 Å². The van der Waals surface area contributed by atoms with E-state index in [-0.39, 0.29) is 18.3 Å². The quantitative estimate of drug-likeness (QED) is 0.626. The van der Waals surface area contributed by atoms with Crippen molar-refractivity contribution in [3.63, 3.8) is 0 Å². The van der Waals surface area contributed by atoms with Crippen LogP contribution in [0.1, 0.15) is 15.9 Å². The number of hydrogen-bond acceptors (Lipinski definition) is 3. The summed E-state index contributed by atoms with van der Waals surface area (Å²) in [7, 11) is 0. The molecule has 2 rings (SSSR count). The summed E-state index contributed by atoms with van der Waals surface area (Å²) in [5, 5.41) is 3.19. The fourth-order valence-corrected chi connectivity index (χ4v) is 1.98. The normalized spacial score (nSPS) is 9.96. The third-order valence-electron chi connectivity index (χ3n) is 3.04. The van der Waals surface area contributed by atoms with E-state index in [1.807, 2.05) is 0 Å². The molecule has 0 fully saturated rings. The standard InChI is InChI=1S/C18H16ClNO3/c1-2-11-20-17(21)12-23-16-9-5-14(6-10-16)18(22)13-3-7-15(19)8-4-13/h2-10H,1,11-12H2,(H,20,21). The second-order valence-electron chi connectivity index (χ2n) is 4.74. The minimum absolute atomic E-state index is 0.0850. The third kappa shape index (κ3) is 4.97. The first-order valence-corrected chi connectivity index (χ1v) is 7.38. The molecule has 0 aliphatic carbocycles. The van der Waals surface area contributed by atoms with Crippen molar-refractivity contribution in [1.82, 2.24) is 5.32 Å². The summed E-state index contributed by atoms with van der Waals surface area (Å²) in [6, 6.07) is 13.3. The zero-order chi connectivity index (χ0) is 16.7. The molecule has 2 aromatic carbocycles. The van der Waals surface area contributed by atoms with Gasteiger partial charge >= 0.3 is 0 Å². The Morgan fingerprint density at radius 3 is 2.17 bits per heavy atom. The summed E-state index contributed by atoms with van der Waals surface area (Å²) in [6.45, 7) is 3.83. The summed E-state index contributed by atoms with van der Waals surface area (Å²) in [5.74, 6) is 0.189. The highest BCUT2D eigenvalue weighted by Crippen LogP contribution is 2.17. The topological polar surface area (TPSA) is 55.4 Å². The van der Waals surface area contributed by atoms with Gasteiger partial charge in [0, 0.05) is 22.7 Å². The van der Waals surface area contributed by atoms with Gasteiger partial charge < -0.3 is 10.1 Å². The van der Waals surface area contributed by atoms with Crippen LogP contribution in [0.15, 0.2) is 61.2 Å². The Balaban J connectivity index is 1.96. The maximum atomic E-state index is 12.3. The van der Waals surface area contributed by atoms with Crippen molar-refractivity contribution in [3.05, 3.63) is 77.3 Å². The number of carbonyl (C=O) groups is 2. The molecule has 0 aromatic heterocycles. The molecule has 4 nitrogen and oxygen atoms in total. The van der Waals surface area contributed by atoms with Gasteiger partial charge in [-0.1, -0.05) is 17.7 Å². The second-order valence-corrected chi connectivity index (χ2v) is 5.18. The van der Waals surface area contributed by atoms with Crippen LogP contribution in [0.25, 0.3) is 0 Å². The first-order valence-electron chi connectivity index (χ1n) is 7.01. The molecule has 0 saturated heterocycles. The number of benzene rings is 2. The molecule has 0 spiro atoms. The van der Waals surface area contributed by atoms with E-state index in [4.69, 9.17) is 16.3 Å². The average molecular weight is 330 g/mol. The molecule has 0 saturated carbocycles. The molecule has 0 heterocycles. The molecule has 0 aliphatic heterocycles. The minimum Gasteiger partial charge on any atom is -0.484 e. The van der Waals surface area contributed by atoms with Crippen LogP contribution in [0.2, 0.25) is 5.02 Å². The molecule has 118 valence electrons. The third-order valence-corrected chi connectivity index (χ3v) is 3.29. The van der Waals surface area contributed by atoms with E-state index in [0.717, 1.165) is 0 Å². The van der Waals surface area contributed by atoms with E-state index >= 15 is 0 Å². The summed E-state index contributed by atoms with van der Waals surface area (Å²) >= 11 is 5.81. The van der Waals surface area contributed by atoms with Crippen molar-refractivity contribution in [2.75, 3.05) is 13.2 Å². The van der Waals surface area contributed by atoms with Gasteiger partial charge in [-0.05, 0) is 48.5 Å². The highest BCUT2D eigenvalue weighted by molar-refractivity contribution is 6.30. The maximum absolute atomic E-state index is 12.3. The second kappa shape index (κ2) is 8.15. The van der Waals surface area contributed by atoms with Crippen molar-refractivity contribution in [1.29, 1.82) is 0 Å². The van der Waals surface area contributed by atoms with Crippen molar-refractivity contribution in [2.45, 2.75) is 0 Å². The zero-order valence-corrected chi connectivity index (χ0v) is 13.2. The van der Waals surface area contributed by atoms with Gasteiger partial charge in [0.1, 0.15) is 5.75 Å². The minimum atomic E-state index is -0.230. The van der Waals surface area contributed by atoms with Crippen LogP contribution in [-0.4, -0.2) is 24.8 Å². The average Bonchev–Trinajstić information content (AvgIpc) is 2.58. The van der Waals surface area contributed by atoms with E-state index < -0.39 is 0 Å². The Hall–Kier alpha value is -2.59. The molecular formula is C18H16ClNO3. The summed E-state index contributed by atoms with van der Waals surface area (Å²) in [4.78, 5) is 23.7. The van der Waals surface area contributed by atoms with Gasteiger partial charge in [0.2, 0.25) is 0 Å². The highest BCUT2D eigenvalue weighted by Gasteiger charge is 2.09. The van der Waals surface area contributed by atoms with Gasteiger partial charge in [-0.2, -0.15) is 0 Å². The van der Waals surface area contributed by atoms with Crippen molar-refractivity contribution < 1.29 is 14.3 Å². The van der Waals surface area contributed by atoms with Crippen LogP contribution < -0.4 is 10.1 Å². The fourth-order valence-electron chi connectivity index (χ4n) is 1.86. The molecule has 0 bridgehead atoms. The highest BCUT2D eigenvalue weighted by atomic mass is 35.5. The Morgan fingerprint density at radius 1 is 1.04 bits per heavy atom.